The Labute approximate surface area is 216 Å². The Hall–Kier alpha value is -3.75. The fourth-order valence-electron chi connectivity index (χ4n) is 4.60. The molecule has 6 N–H and O–H groups in total. The Balaban J connectivity index is 1.49. The molecule has 13 heteroatoms. The summed E-state index contributed by atoms with van der Waals surface area (Å²) in [7, 11) is 1.50. The maximum atomic E-state index is 14.4. The molecule has 2 aliphatic heterocycles. The van der Waals surface area contributed by atoms with E-state index in [4.69, 9.17) is 25.0 Å². The van der Waals surface area contributed by atoms with E-state index in [0.717, 1.165) is 0 Å². The Morgan fingerprint density at radius 1 is 1.13 bits per heavy atom. The van der Waals surface area contributed by atoms with Crippen LogP contribution in [0.3, 0.4) is 0 Å². The lowest BCUT2D eigenvalue weighted by molar-refractivity contribution is -0.140. The molecule has 0 bridgehead atoms. The number of ether oxygens (including phenoxy) is 2. The van der Waals surface area contributed by atoms with Crippen LogP contribution in [0, 0.1) is 12.7 Å². The molecule has 2 aliphatic rings. The fourth-order valence-corrected chi connectivity index (χ4v) is 4.60. The Morgan fingerprint density at radius 2 is 1.95 bits per heavy atom. The molecule has 1 aromatic carbocycles. The van der Waals surface area contributed by atoms with Gasteiger partial charge in [0, 0.05) is 18.1 Å². The summed E-state index contributed by atoms with van der Waals surface area (Å²) in [5.41, 5.74) is 12.2. The van der Waals surface area contributed by atoms with Crippen molar-refractivity contribution in [2.75, 3.05) is 19.5 Å². The number of aryl methyl sites for hydroxylation is 1. The quantitative estimate of drug-likeness (QED) is 0.284. The van der Waals surface area contributed by atoms with Crippen molar-refractivity contribution in [1.82, 2.24) is 20.4 Å². The first-order chi connectivity index (χ1) is 18.2. The van der Waals surface area contributed by atoms with Crippen LogP contribution in [0.4, 0.5) is 10.3 Å². The average molecular weight is 527 g/mol. The molecule has 0 saturated carbocycles. The molecule has 1 saturated heterocycles. The number of aliphatic imine (C=N–C) groups is 1. The highest BCUT2D eigenvalue weighted by atomic mass is 19.1. The molecule has 0 radical (unpaired) electrons. The zero-order chi connectivity index (χ0) is 27.0. The first-order valence-corrected chi connectivity index (χ1v) is 11.8. The average Bonchev–Trinajstić information content (AvgIpc) is 3.14. The Bertz CT molecular complexity index is 1370. The summed E-state index contributed by atoms with van der Waals surface area (Å²) in [6, 6.07) is 9.07. The van der Waals surface area contributed by atoms with Crippen molar-refractivity contribution in [3.63, 3.8) is 0 Å². The van der Waals surface area contributed by atoms with Crippen molar-refractivity contribution in [2.45, 2.75) is 44.0 Å². The topological polar surface area (TPSA) is 177 Å². The van der Waals surface area contributed by atoms with Crippen LogP contribution in [-0.2, 0) is 16.0 Å². The highest BCUT2D eigenvalue weighted by Gasteiger charge is 2.42. The third kappa shape index (κ3) is 5.01. The van der Waals surface area contributed by atoms with Gasteiger partial charge in [0.25, 0.3) is 0 Å². The molecule has 3 aromatic rings. The van der Waals surface area contributed by atoms with E-state index in [1.807, 2.05) is 0 Å². The maximum Gasteiger partial charge on any atom is 0.220 e. The van der Waals surface area contributed by atoms with Gasteiger partial charge >= 0.3 is 0 Å². The zero-order valence-electron chi connectivity index (χ0n) is 20.6. The summed E-state index contributed by atoms with van der Waals surface area (Å²) in [5, 5.41) is 29.4. The van der Waals surface area contributed by atoms with Gasteiger partial charge in [0.15, 0.2) is 12.1 Å². The van der Waals surface area contributed by atoms with E-state index in [0.29, 0.717) is 46.1 Å². The smallest absolute Gasteiger partial charge is 0.220 e. The number of hydroxylamine groups is 1. The first-order valence-electron chi connectivity index (χ1n) is 11.8. The molecule has 0 spiro atoms. The van der Waals surface area contributed by atoms with Crippen molar-refractivity contribution in [3.8, 4) is 17.1 Å². The molecule has 200 valence electrons. The Kier molecular flexibility index (Phi) is 7.19. The SMILES string of the molecule is COc1cccc(-c2cc(F)ccc2C2Cc3nc(N)nc(C)c3C(NOC[C@H]3O[C@@H](O)[C@H](O)[C@@H]3O)=N2)n1. The molecule has 0 amide bonds. The molecule has 38 heavy (non-hydrogen) atoms. The number of methoxy groups -OCH3 is 1. The highest BCUT2D eigenvalue weighted by Crippen LogP contribution is 2.36. The van der Waals surface area contributed by atoms with E-state index < -0.39 is 36.5 Å². The molecular weight excluding hydrogens is 499 g/mol. The fraction of sp³-hybridized carbons (Fsp3) is 0.360. The summed E-state index contributed by atoms with van der Waals surface area (Å²) in [5.74, 6) is 0.337. The lowest BCUT2D eigenvalue weighted by Crippen LogP contribution is -2.38. The largest absolute Gasteiger partial charge is 0.481 e. The molecule has 1 unspecified atom stereocenters. The van der Waals surface area contributed by atoms with Gasteiger partial charge in [0.1, 0.15) is 30.7 Å². The molecule has 0 aliphatic carbocycles. The summed E-state index contributed by atoms with van der Waals surface area (Å²) < 4.78 is 24.7. The molecule has 2 aromatic heterocycles. The van der Waals surface area contributed by atoms with Gasteiger partial charge < -0.3 is 30.5 Å². The van der Waals surface area contributed by atoms with Gasteiger partial charge in [-0.05, 0) is 30.7 Å². The number of nitrogens with one attached hydrogen (secondary N) is 1. The maximum absolute atomic E-state index is 14.4. The number of hydrogen-bond donors (Lipinski definition) is 5. The summed E-state index contributed by atoms with van der Waals surface area (Å²) in [4.78, 5) is 23.5. The van der Waals surface area contributed by atoms with Crippen LogP contribution in [0.5, 0.6) is 5.88 Å². The van der Waals surface area contributed by atoms with E-state index in [-0.39, 0.29) is 18.4 Å². The number of nitrogens with two attached hydrogens (primary N) is 1. The van der Waals surface area contributed by atoms with Gasteiger partial charge in [-0.3, -0.25) is 9.83 Å². The molecule has 5 rings (SSSR count). The number of benzene rings is 1. The number of fused-ring (bicyclic) bond motifs is 1. The zero-order valence-corrected chi connectivity index (χ0v) is 20.6. The molecular formula is C25H27FN6O6. The van der Waals surface area contributed by atoms with Crippen LogP contribution >= 0.6 is 0 Å². The number of pyridine rings is 1. The lowest BCUT2D eigenvalue weighted by atomic mass is 9.91. The summed E-state index contributed by atoms with van der Waals surface area (Å²) in [6.07, 6.45) is -4.92. The van der Waals surface area contributed by atoms with Crippen LogP contribution in [0.1, 0.15) is 28.6 Å². The number of aliphatic hydroxyl groups excluding tert-OH is 3. The minimum atomic E-state index is -1.52. The molecule has 1 fully saturated rings. The predicted molar refractivity (Wildman–Crippen MR) is 132 cm³/mol. The van der Waals surface area contributed by atoms with Gasteiger partial charge in [0.2, 0.25) is 11.8 Å². The predicted octanol–water partition coefficient (Wildman–Crippen LogP) is 0.581. The van der Waals surface area contributed by atoms with Crippen LogP contribution < -0.4 is 16.0 Å². The number of rotatable bonds is 6. The molecule has 5 atom stereocenters. The summed E-state index contributed by atoms with van der Waals surface area (Å²) >= 11 is 0. The molecule has 12 nitrogen and oxygen atoms in total. The van der Waals surface area contributed by atoms with Crippen molar-refractivity contribution in [3.05, 3.63) is 64.7 Å². The second kappa shape index (κ2) is 10.6. The number of nitrogens with zero attached hydrogens (tertiary/aromatic N) is 4. The van der Waals surface area contributed by atoms with E-state index in [9.17, 15) is 19.7 Å². The van der Waals surface area contributed by atoms with Crippen molar-refractivity contribution >= 4 is 11.8 Å². The number of amidine groups is 1. The van der Waals surface area contributed by atoms with Gasteiger partial charge in [-0.25, -0.2) is 24.8 Å². The number of halogens is 1. The number of hydrogen-bond acceptors (Lipinski definition) is 12. The van der Waals surface area contributed by atoms with Gasteiger partial charge in [-0.1, -0.05) is 12.1 Å². The standard InChI is InChI=1S/C25H27FN6O6/c1-11-20-17(31-25(27)28-11)9-16(30-23(20)32-37-10-18-21(33)22(34)24(35)38-18)13-7-6-12(26)8-14(13)15-4-3-5-19(29-15)36-2/h3-8,16,18,21-22,24,33-35H,9-10H2,1-2H3,(H,30,32)(H2,27,28,31)/t16?,18-,21-,22-,24-/m1/s1. The second-order valence-electron chi connectivity index (χ2n) is 8.94. The highest BCUT2D eigenvalue weighted by molar-refractivity contribution is 6.01. The van der Waals surface area contributed by atoms with Crippen LogP contribution in [0.25, 0.3) is 11.3 Å². The van der Waals surface area contributed by atoms with Gasteiger partial charge in [-0.2, -0.15) is 0 Å². The summed E-state index contributed by atoms with van der Waals surface area (Å²) in [6.45, 7) is 1.55. The monoisotopic (exact) mass is 526 g/mol. The van der Waals surface area contributed by atoms with E-state index in [1.54, 1.807) is 31.2 Å². The normalized spacial score (nSPS) is 24.6. The second-order valence-corrected chi connectivity index (χ2v) is 8.94. The number of nitrogen functional groups attached to an aromatic ring is 1. The van der Waals surface area contributed by atoms with E-state index >= 15 is 0 Å². The number of aromatic nitrogens is 3. The van der Waals surface area contributed by atoms with Crippen LogP contribution in [0.15, 0.2) is 41.4 Å². The van der Waals surface area contributed by atoms with E-state index in [2.05, 4.69) is 20.4 Å². The number of anilines is 1. The minimum Gasteiger partial charge on any atom is -0.481 e. The van der Waals surface area contributed by atoms with Crippen LogP contribution in [-0.4, -0.2) is 74.4 Å². The number of aliphatic hydroxyl groups is 3. The lowest BCUT2D eigenvalue weighted by Gasteiger charge is -2.26. The molecule has 4 heterocycles. The van der Waals surface area contributed by atoms with Crippen molar-refractivity contribution < 1.29 is 34.0 Å². The first kappa shape index (κ1) is 25.9. The third-order valence-electron chi connectivity index (χ3n) is 6.43. The van der Waals surface area contributed by atoms with Gasteiger partial charge in [0.05, 0.1) is 35.8 Å². The Morgan fingerprint density at radius 3 is 2.68 bits per heavy atom. The van der Waals surface area contributed by atoms with Crippen molar-refractivity contribution in [2.24, 2.45) is 4.99 Å². The van der Waals surface area contributed by atoms with Crippen LogP contribution in [0.2, 0.25) is 0 Å². The van der Waals surface area contributed by atoms with Crippen molar-refractivity contribution in [1.29, 1.82) is 0 Å². The van der Waals surface area contributed by atoms with E-state index in [1.165, 1.54) is 19.2 Å². The minimum absolute atomic E-state index is 0.0985. The third-order valence-corrected chi connectivity index (χ3v) is 6.43. The van der Waals surface area contributed by atoms with Gasteiger partial charge in [-0.15, -0.1) is 0 Å².